The largest absolute Gasteiger partial charge is 0.469 e. The van der Waals surface area contributed by atoms with E-state index in [2.05, 4.69) is 31.0 Å². The highest BCUT2D eigenvalue weighted by atomic mass is 79.9. The third-order valence-corrected chi connectivity index (χ3v) is 4.80. The third kappa shape index (κ3) is 5.06. The number of nitrogens with zero attached hydrogens (tertiary/aromatic N) is 2. The van der Waals surface area contributed by atoms with E-state index in [0.29, 0.717) is 24.6 Å². The van der Waals surface area contributed by atoms with Gasteiger partial charge in [0.05, 0.1) is 13.0 Å². The summed E-state index contributed by atoms with van der Waals surface area (Å²) < 4.78 is 35.3. The van der Waals surface area contributed by atoms with Gasteiger partial charge in [-0.3, -0.25) is 9.79 Å². The van der Waals surface area contributed by atoms with E-state index in [1.54, 1.807) is 19.2 Å². The summed E-state index contributed by atoms with van der Waals surface area (Å²) >= 11 is 3.33. The molecule has 1 aliphatic rings. The molecule has 2 rings (SSSR count). The van der Waals surface area contributed by atoms with Crippen LogP contribution >= 0.6 is 15.9 Å². The maximum Gasteiger partial charge on any atom is 0.387 e. The molecule has 0 aromatic heterocycles. The number of hydrogen-bond acceptors (Lipinski definition) is 4. The first kappa shape index (κ1) is 20.4. The molecule has 1 N–H and O–H groups in total. The maximum absolute atomic E-state index is 12.6. The van der Waals surface area contributed by atoms with Crippen molar-refractivity contribution in [2.75, 3.05) is 27.2 Å². The zero-order valence-electron chi connectivity index (χ0n) is 14.8. The number of halogens is 3. The monoisotopic (exact) mass is 433 g/mol. The standard InChI is InChI=1S/C17H22BrF2N3O3/c1-10-8-23(9-13(10)15(24)25-3)17(21-2)22-7-11-6-12(18)4-5-14(11)26-16(19)20/h4-6,10,13,16H,7-9H2,1-3H3,(H,21,22). The Labute approximate surface area is 159 Å². The van der Waals surface area contributed by atoms with Crippen LogP contribution in [-0.4, -0.2) is 50.7 Å². The molecule has 0 radical (unpaired) electrons. The molecule has 0 amide bonds. The van der Waals surface area contributed by atoms with Crippen LogP contribution in [0, 0.1) is 11.8 Å². The summed E-state index contributed by atoms with van der Waals surface area (Å²) in [5.74, 6) is 0.362. The van der Waals surface area contributed by atoms with Gasteiger partial charge in [0.15, 0.2) is 5.96 Å². The summed E-state index contributed by atoms with van der Waals surface area (Å²) in [5.41, 5.74) is 0.567. The number of nitrogens with one attached hydrogen (secondary N) is 1. The Kier molecular flexibility index (Phi) is 7.19. The predicted octanol–water partition coefficient (Wildman–Crippen LogP) is 2.87. The highest BCUT2D eigenvalue weighted by Gasteiger charge is 2.36. The van der Waals surface area contributed by atoms with Crippen LogP contribution in [-0.2, 0) is 16.1 Å². The first-order valence-corrected chi connectivity index (χ1v) is 8.91. The minimum absolute atomic E-state index is 0.105. The number of carbonyl (C=O) groups is 1. The number of esters is 1. The number of benzene rings is 1. The molecule has 0 saturated carbocycles. The fourth-order valence-electron chi connectivity index (χ4n) is 3.00. The SMILES string of the molecule is CN=C(NCc1cc(Br)ccc1OC(F)F)N1CC(C)C(C(=O)OC)C1. The van der Waals surface area contributed by atoms with Gasteiger partial charge in [-0.1, -0.05) is 22.9 Å². The summed E-state index contributed by atoms with van der Waals surface area (Å²) in [6.45, 7) is 0.485. The van der Waals surface area contributed by atoms with Crippen molar-refractivity contribution in [3.05, 3.63) is 28.2 Å². The minimum Gasteiger partial charge on any atom is -0.469 e. The van der Waals surface area contributed by atoms with Crippen molar-refractivity contribution in [2.45, 2.75) is 20.1 Å². The number of carbonyl (C=O) groups excluding carboxylic acids is 1. The van der Waals surface area contributed by atoms with Crippen molar-refractivity contribution in [3.63, 3.8) is 0 Å². The average Bonchev–Trinajstić information content (AvgIpc) is 2.98. The zero-order valence-corrected chi connectivity index (χ0v) is 16.4. The number of guanidine groups is 1. The summed E-state index contributed by atoms with van der Waals surface area (Å²) in [6, 6.07) is 4.84. The smallest absolute Gasteiger partial charge is 0.387 e. The van der Waals surface area contributed by atoms with E-state index < -0.39 is 6.61 Å². The molecule has 1 fully saturated rings. The van der Waals surface area contributed by atoms with Crippen molar-refractivity contribution < 1.29 is 23.0 Å². The Bertz CT molecular complexity index is 673. The summed E-state index contributed by atoms with van der Waals surface area (Å²) in [4.78, 5) is 18.0. The molecule has 1 aromatic rings. The molecule has 26 heavy (non-hydrogen) atoms. The second kappa shape index (κ2) is 9.16. The van der Waals surface area contributed by atoms with Crippen molar-refractivity contribution in [2.24, 2.45) is 16.8 Å². The molecule has 0 bridgehead atoms. The van der Waals surface area contributed by atoms with Crippen molar-refractivity contribution in [1.29, 1.82) is 0 Å². The van der Waals surface area contributed by atoms with E-state index in [-0.39, 0.29) is 30.1 Å². The van der Waals surface area contributed by atoms with Gasteiger partial charge in [0.25, 0.3) is 0 Å². The molecule has 0 aliphatic carbocycles. The van der Waals surface area contributed by atoms with Crippen LogP contribution in [0.3, 0.4) is 0 Å². The molecular formula is C17H22BrF2N3O3. The van der Waals surface area contributed by atoms with Gasteiger partial charge in [-0.2, -0.15) is 8.78 Å². The second-order valence-electron chi connectivity index (χ2n) is 6.04. The lowest BCUT2D eigenvalue weighted by Crippen LogP contribution is -2.40. The lowest BCUT2D eigenvalue weighted by Gasteiger charge is -2.22. The fourth-order valence-corrected chi connectivity index (χ4v) is 3.41. The number of likely N-dealkylation sites (tertiary alicyclic amines) is 1. The van der Waals surface area contributed by atoms with Crippen LogP contribution in [0.1, 0.15) is 12.5 Å². The Hall–Kier alpha value is -1.90. The zero-order chi connectivity index (χ0) is 19.3. The van der Waals surface area contributed by atoms with Gasteiger partial charge in [0.1, 0.15) is 5.75 Å². The van der Waals surface area contributed by atoms with Crippen LogP contribution < -0.4 is 10.1 Å². The molecule has 144 valence electrons. The van der Waals surface area contributed by atoms with Crippen molar-refractivity contribution in [1.82, 2.24) is 10.2 Å². The van der Waals surface area contributed by atoms with Gasteiger partial charge in [-0.05, 0) is 24.1 Å². The van der Waals surface area contributed by atoms with Crippen LogP contribution in [0.25, 0.3) is 0 Å². The molecule has 2 unspecified atom stereocenters. The topological polar surface area (TPSA) is 63.2 Å². The highest BCUT2D eigenvalue weighted by molar-refractivity contribution is 9.10. The second-order valence-corrected chi connectivity index (χ2v) is 6.96. The van der Waals surface area contributed by atoms with Crippen LogP contribution in [0.4, 0.5) is 8.78 Å². The molecule has 1 saturated heterocycles. The van der Waals surface area contributed by atoms with Gasteiger partial charge in [-0.25, -0.2) is 0 Å². The summed E-state index contributed by atoms with van der Waals surface area (Å²) in [5, 5.41) is 3.14. The molecule has 2 atom stereocenters. The Morgan fingerprint density at radius 2 is 2.19 bits per heavy atom. The van der Waals surface area contributed by atoms with Gasteiger partial charge < -0.3 is 19.7 Å². The third-order valence-electron chi connectivity index (χ3n) is 4.30. The van der Waals surface area contributed by atoms with Crippen LogP contribution in [0.15, 0.2) is 27.7 Å². The van der Waals surface area contributed by atoms with Gasteiger partial charge in [0.2, 0.25) is 0 Å². The van der Waals surface area contributed by atoms with Crippen LogP contribution in [0.2, 0.25) is 0 Å². The molecular weight excluding hydrogens is 412 g/mol. The van der Waals surface area contributed by atoms with Gasteiger partial charge in [-0.15, -0.1) is 0 Å². The molecule has 6 nitrogen and oxygen atoms in total. The minimum atomic E-state index is -2.89. The fraction of sp³-hybridized carbons (Fsp3) is 0.529. The normalized spacial score (nSPS) is 20.4. The maximum atomic E-state index is 12.6. The van der Waals surface area contributed by atoms with E-state index in [1.165, 1.54) is 13.2 Å². The number of rotatable bonds is 5. The number of alkyl halides is 2. The molecule has 0 spiro atoms. The quantitative estimate of drug-likeness (QED) is 0.439. The number of aliphatic imine (C=N–C) groups is 1. The molecule has 1 heterocycles. The Morgan fingerprint density at radius 3 is 2.81 bits per heavy atom. The first-order chi connectivity index (χ1) is 12.3. The van der Waals surface area contributed by atoms with E-state index in [1.807, 2.05) is 11.8 Å². The van der Waals surface area contributed by atoms with Gasteiger partial charge in [0, 0.05) is 36.7 Å². The molecule has 1 aromatic carbocycles. The van der Waals surface area contributed by atoms with Gasteiger partial charge >= 0.3 is 12.6 Å². The van der Waals surface area contributed by atoms with Crippen molar-refractivity contribution >= 4 is 27.9 Å². The first-order valence-electron chi connectivity index (χ1n) is 8.12. The van der Waals surface area contributed by atoms with Crippen molar-refractivity contribution in [3.8, 4) is 5.75 Å². The van der Waals surface area contributed by atoms with E-state index in [9.17, 15) is 13.6 Å². The molecule has 1 aliphatic heterocycles. The number of methoxy groups -OCH3 is 1. The lowest BCUT2D eigenvalue weighted by molar-refractivity contribution is -0.145. The lowest BCUT2D eigenvalue weighted by atomic mass is 9.99. The Morgan fingerprint density at radius 1 is 1.46 bits per heavy atom. The summed E-state index contributed by atoms with van der Waals surface area (Å²) in [7, 11) is 3.01. The van der Waals surface area contributed by atoms with E-state index in [4.69, 9.17) is 4.74 Å². The highest BCUT2D eigenvalue weighted by Crippen LogP contribution is 2.26. The van der Waals surface area contributed by atoms with E-state index >= 15 is 0 Å². The van der Waals surface area contributed by atoms with E-state index in [0.717, 1.165) is 4.47 Å². The Balaban J connectivity index is 2.06. The predicted molar refractivity (Wildman–Crippen MR) is 97.2 cm³/mol. The molecule has 9 heteroatoms. The van der Waals surface area contributed by atoms with Crippen LogP contribution in [0.5, 0.6) is 5.75 Å². The summed E-state index contributed by atoms with van der Waals surface area (Å²) in [6.07, 6.45) is 0. The number of hydrogen-bond donors (Lipinski definition) is 1. The number of ether oxygens (including phenoxy) is 2. The average molecular weight is 434 g/mol.